The van der Waals surface area contributed by atoms with E-state index in [2.05, 4.69) is 19.9 Å². The van der Waals surface area contributed by atoms with Crippen LogP contribution in [0.4, 0.5) is 0 Å². The highest BCUT2D eigenvalue weighted by Crippen LogP contribution is 2.64. The predicted molar refractivity (Wildman–Crippen MR) is 115 cm³/mol. The quantitative estimate of drug-likeness (QED) is 0.353. The lowest BCUT2D eigenvalue weighted by atomic mass is 9.47. The van der Waals surface area contributed by atoms with Crippen LogP contribution in [0, 0.1) is 33.5 Å². The molecule has 2 bridgehead atoms. The van der Waals surface area contributed by atoms with E-state index < -0.39 is 0 Å². The second kappa shape index (κ2) is 9.33. The van der Waals surface area contributed by atoms with Gasteiger partial charge in [-0.15, -0.1) is 0 Å². The largest absolute Gasteiger partial charge is 0.198 e. The molecule has 154 valence electrons. The summed E-state index contributed by atoms with van der Waals surface area (Å²) in [6.45, 7) is 4.63. The third-order valence-corrected chi connectivity index (χ3v) is 9.33. The average molecular weight is 372 g/mol. The Morgan fingerprint density at radius 3 is 1.85 bits per heavy atom. The van der Waals surface area contributed by atoms with Crippen molar-refractivity contribution in [2.45, 2.75) is 136 Å². The maximum Gasteiger partial charge on any atom is 0.0689 e. The summed E-state index contributed by atoms with van der Waals surface area (Å²) < 4.78 is 0. The van der Waals surface area contributed by atoms with Gasteiger partial charge in [-0.3, -0.25) is 0 Å². The molecule has 4 aliphatic rings. The third-order valence-electron chi connectivity index (χ3n) is 9.33. The Morgan fingerprint density at radius 1 is 0.704 bits per heavy atom. The number of rotatable bonds is 10. The molecule has 4 fully saturated rings. The van der Waals surface area contributed by atoms with Crippen molar-refractivity contribution in [1.29, 1.82) is 5.26 Å². The van der Waals surface area contributed by atoms with E-state index in [1.165, 1.54) is 122 Å². The van der Waals surface area contributed by atoms with Crippen LogP contribution < -0.4 is 0 Å². The molecule has 4 rings (SSSR count). The molecule has 4 aliphatic carbocycles. The summed E-state index contributed by atoms with van der Waals surface area (Å²) in [6.07, 6.45) is 26.3. The van der Waals surface area contributed by atoms with Gasteiger partial charge in [0.05, 0.1) is 11.5 Å². The van der Waals surface area contributed by atoms with Crippen molar-refractivity contribution in [3.8, 4) is 6.07 Å². The third kappa shape index (κ3) is 4.74. The SMILES string of the molecule is CCCCCCC[C@]1(C#N)CC[C@H](C23CCC(CCCC)(CC2)CC3)CC1. The lowest BCUT2D eigenvalue weighted by Gasteiger charge is -2.58. The van der Waals surface area contributed by atoms with Gasteiger partial charge in [-0.05, 0) is 93.8 Å². The second-order valence-electron chi connectivity index (χ2n) is 10.8. The average Bonchev–Trinajstić information content (AvgIpc) is 2.74. The minimum absolute atomic E-state index is 0.0353. The molecule has 4 saturated carbocycles. The standard InChI is InChI=1S/C26H45N/c1-3-5-7-8-9-13-25(22-27)14-10-23(11-15-25)26-19-16-24(17-20-26,18-21-26)12-6-4-2/h23H,3-21H2,1-2H3/t23-,24?,25-,26?. The van der Waals surface area contributed by atoms with Crippen LogP contribution in [-0.2, 0) is 0 Å². The Balaban J connectivity index is 1.48. The van der Waals surface area contributed by atoms with Crippen LogP contribution in [-0.4, -0.2) is 0 Å². The van der Waals surface area contributed by atoms with Crippen molar-refractivity contribution in [3.05, 3.63) is 0 Å². The number of fused-ring (bicyclic) bond motifs is 3. The fraction of sp³-hybridized carbons (Fsp3) is 0.962. The normalized spacial score (nSPS) is 38.6. The van der Waals surface area contributed by atoms with Crippen molar-refractivity contribution >= 4 is 0 Å². The zero-order valence-electron chi connectivity index (χ0n) is 18.5. The van der Waals surface area contributed by atoms with E-state index in [-0.39, 0.29) is 5.41 Å². The zero-order valence-corrected chi connectivity index (χ0v) is 18.5. The molecular weight excluding hydrogens is 326 g/mol. The number of hydrogen-bond donors (Lipinski definition) is 0. The Kier molecular flexibility index (Phi) is 7.32. The van der Waals surface area contributed by atoms with Crippen molar-refractivity contribution in [2.24, 2.45) is 22.2 Å². The first-order chi connectivity index (χ1) is 13.1. The monoisotopic (exact) mass is 371 g/mol. The van der Waals surface area contributed by atoms with Crippen molar-refractivity contribution < 1.29 is 0 Å². The molecule has 0 atom stereocenters. The molecule has 1 heteroatoms. The second-order valence-corrected chi connectivity index (χ2v) is 10.8. The number of hydrogen-bond acceptors (Lipinski definition) is 1. The fourth-order valence-corrected chi connectivity index (χ4v) is 7.10. The van der Waals surface area contributed by atoms with Gasteiger partial charge >= 0.3 is 0 Å². The van der Waals surface area contributed by atoms with Crippen LogP contribution in [0.5, 0.6) is 0 Å². The van der Waals surface area contributed by atoms with Crippen LogP contribution in [0.25, 0.3) is 0 Å². The molecule has 0 amide bonds. The van der Waals surface area contributed by atoms with E-state index in [0.29, 0.717) is 5.41 Å². The molecule has 0 saturated heterocycles. The van der Waals surface area contributed by atoms with Crippen LogP contribution in [0.15, 0.2) is 0 Å². The van der Waals surface area contributed by atoms with Gasteiger partial charge in [-0.2, -0.15) is 5.26 Å². The van der Waals surface area contributed by atoms with Crippen molar-refractivity contribution in [2.75, 3.05) is 0 Å². The Hall–Kier alpha value is -0.510. The fourth-order valence-electron chi connectivity index (χ4n) is 7.10. The Labute approximate surface area is 169 Å². The predicted octanol–water partition coefficient (Wildman–Crippen LogP) is 8.58. The molecule has 0 N–H and O–H groups in total. The summed E-state index contributed by atoms with van der Waals surface area (Å²) in [4.78, 5) is 0. The van der Waals surface area contributed by atoms with Gasteiger partial charge in [0.2, 0.25) is 0 Å². The highest BCUT2D eigenvalue weighted by molar-refractivity contribution is 5.07. The summed E-state index contributed by atoms with van der Waals surface area (Å²) in [6, 6.07) is 2.80. The maximum absolute atomic E-state index is 9.94. The zero-order chi connectivity index (χ0) is 19.2. The Morgan fingerprint density at radius 2 is 1.30 bits per heavy atom. The van der Waals surface area contributed by atoms with Gasteiger partial charge in [0.1, 0.15) is 0 Å². The first kappa shape index (κ1) is 21.2. The van der Waals surface area contributed by atoms with Crippen LogP contribution in [0.1, 0.15) is 136 Å². The topological polar surface area (TPSA) is 23.8 Å². The van der Waals surface area contributed by atoms with Gasteiger partial charge in [0.25, 0.3) is 0 Å². The summed E-state index contributed by atoms with van der Waals surface area (Å²) >= 11 is 0. The maximum atomic E-state index is 9.94. The number of unbranched alkanes of at least 4 members (excludes halogenated alkanes) is 5. The minimum atomic E-state index is 0.0353. The minimum Gasteiger partial charge on any atom is -0.198 e. The van der Waals surface area contributed by atoms with E-state index in [0.717, 1.165) is 11.3 Å². The van der Waals surface area contributed by atoms with E-state index >= 15 is 0 Å². The molecule has 0 radical (unpaired) electrons. The van der Waals surface area contributed by atoms with Crippen LogP contribution >= 0.6 is 0 Å². The number of nitriles is 1. The number of nitrogens with zero attached hydrogens (tertiary/aromatic N) is 1. The smallest absolute Gasteiger partial charge is 0.0689 e. The first-order valence-electron chi connectivity index (χ1n) is 12.5. The van der Waals surface area contributed by atoms with Gasteiger partial charge in [0, 0.05) is 0 Å². The van der Waals surface area contributed by atoms with Gasteiger partial charge < -0.3 is 0 Å². The molecule has 0 heterocycles. The molecule has 1 nitrogen and oxygen atoms in total. The van der Waals surface area contributed by atoms with Crippen LogP contribution in [0.2, 0.25) is 0 Å². The molecule has 27 heavy (non-hydrogen) atoms. The highest BCUT2D eigenvalue weighted by Gasteiger charge is 2.52. The summed E-state index contributed by atoms with van der Waals surface area (Å²) in [7, 11) is 0. The van der Waals surface area contributed by atoms with E-state index in [1.807, 2.05) is 0 Å². The van der Waals surface area contributed by atoms with E-state index in [9.17, 15) is 5.26 Å². The summed E-state index contributed by atoms with van der Waals surface area (Å²) in [5.74, 6) is 0.934. The molecular formula is C26H45N. The van der Waals surface area contributed by atoms with Gasteiger partial charge in [-0.25, -0.2) is 0 Å². The molecule has 0 aliphatic heterocycles. The van der Waals surface area contributed by atoms with E-state index in [4.69, 9.17) is 0 Å². The van der Waals surface area contributed by atoms with Crippen LogP contribution in [0.3, 0.4) is 0 Å². The molecule has 0 aromatic heterocycles. The van der Waals surface area contributed by atoms with Crippen molar-refractivity contribution in [3.63, 3.8) is 0 Å². The lowest BCUT2D eigenvalue weighted by molar-refractivity contribution is -0.0689. The van der Waals surface area contributed by atoms with Gasteiger partial charge in [0.15, 0.2) is 0 Å². The first-order valence-corrected chi connectivity index (χ1v) is 12.5. The van der Waals surface area contributed by atoms with Gasteiger partial charge in [-0.1, -0.05) is 58.8 Å². The summed E-state index contributed by atoms with van der Waals surface area (Å²) in [5.41, 5.74) is 1.45. The Bertz CT molecular complexity index is 466. The molecule has 0 unspecified atom stereocenters. The molecule has 0 spiro atoms. The molecule has 0 aromatic carbocycles. The van der Waals surface area contributed by atoms with Crippen molar-refractivity contribution in [1.82, 2.24) is 0 Å². The highest BCUT2D eigenvalue weighted by atomic mass is 14.6. The lowest BCUT2D eigenvalue weighted by Crippen LogP contribution is -2.47. The molecule has 0 aromatic rings. The summed E-state index contributed by atoms with van der Waals surface area (Å²) in [5, 5.41) is 9.94. The van der Waals surface area contributed by atoms with E-state index in [1.54, 1.807) is 0 Å².